The molecule has 0 bridgehead atoms. The Labute approximate surface area is 163 Å². The van der Waals surface area contributed by atoms with Crippen molar-refractivity contribution in [2.24, 2.45) is 0 Å². The second-order valence-corrected chi connectivity index (χ2v) is 8.84. The van der Waals surface area contributed by atoms with Gasteiger partial charge in [0.1, 0.15) is 0 Å². The molecule has 1 heterocycles. The summed E-state index contributed by atoms with van der Waals surface area (Å²) < 4.78 is 66.0. The van der Waals surface area contributed by atoms with Crippen molar-refractivity contribution in [3.05, 3.63) is 29.8 Å². The summed E-state index contributed by atoms with van der Waals surface area (Å²) in [6.07, 6.45) is -2.92. The van der Waals surface area contributed by atoms with Gasteiger partial charge in [-0.2, -0.15) is 17.5 Å². The summed E-state index contributed by atoms with van der Waals surface area (Å²) in [5, 5.41) is 2.88. The van der Waals surface area contributed by atoms with E-state index in [0.717, 1.165) is 35.3 Å². The molecule has 158 valence electrons. The molecule has 0 radical (unpaired) electrons. The van der Waals surface area contributed by atoms with Crippen molar-refractivity contribution in [2.45, 2.75) is 43.8 Å². The number of carbonyl (C=O) groups is 1. The molecule has 28 heavy (non-hydrogen) atoms. The van der Waals surface area contributed by atoms with Crippen molar-refractivity contribution in [2.75, 3.05) is 32.7 Å². The minimum atomic E-state index is -4.75. The SMILES string of the molecule is CCC[C@@H](C)NC(=O)CN1CCN(S(=O)(=O)c2ccccc2C(F)(F)F)CC1. The lowest BCUT2D eigenvalue weighted by molar-refractivity contribution is -0.140. The number of amides is 1. The van der Waals surface area contributed by atoms with E-state index in [2.05, 4.69) is 5.32 Å². The zero-order valence-electron chi connectivity index (χ0n) is 16.0. The highest BCUT2D eigenvalue weighted by molar-refractivity contribution is 7.89. The van der Waals surface area contributed by atoms with Crippen molar-refractivity contribution in [1.82, 2.24) is 14.5 Å². The predicted molar refractivity (Wildman–Crippen MR) is 99.2 cm³/mol. The Morgan fingerprint density at radius 1 is 1.18 bits per heavy atom. The Morgan fingerprint density at radius 2 is 1.79 bits per heavy atom. The normalized spacial score (nSPS) is 18.0. The number of benzene rings is 1. The number of hydrogen-bond acceptors (Lipinski definition) is 4. The third-order valence-electron chi connectivity index (χ3n) is 4.64. The molecule has 0 spiro atoms. The van der Waals surface area contributed by atoms with Crippen LogP contribution in [0, 0.1) is 0 Å². The van der Waals surface area contributed by atoms with Gasteiger partial charge in [0.25, 0.3) is 0 Å². The van der Waals surface area contributed by atoms with Gasteiger partial charge in [-0.05, 0) is 25.5 Å². The van der Waals surface area contributed by atoms with Gasteiger partial charge >= 0.3 is 6.18 Å². The smallest absolute Gasteiger partial charge is 0.353 e. The lowest BCUT2D eigenvalue weighted by Crippen LogP contribution is -2.51. The molecule has 1 aliphatic rings. The Balaban J connectivity index is 2.01. The lowest BCUT2D eigenvalue weighted by atomic mass is 10.2. The maximum Gasteiger partial charge on any atom is 0.417 e. The molecule has 0 aromatic heterocycles. The quantitative estimate of drug-likeness (QED) is 0.734. The van der Waals surface area contributed by atoms with Crippen molar-refractivity contribution in [3.63, 3.8) is 0 Å². The van der Waals surface area contributed by atoms with Gasteiger partial charge in [-0.3, -0.25) is 9.69 Å². The summed E-state index contributed by atoms with van der Waals surface area (Å²) >= 11 is 0. The van der Waals surface area contributed by atoms with Crippen LogP contribution in [0.5, 0.6) is 0 Å². The van der Waals surface area contributed by atoms with Crippen LogP contribution in [0.15, 0.2) is 29.2 Å². The Morgan fingerprint density at radius 3 is 2.36 bits per heavy atom. The van der Waals surface area contributed by atoms with Gasteiger partial charge in [0.05, 0.1) is 17.0 Å². The minimum Gasteiger partial charge on any atom is -0.353 e. The first-order chi connectivity index (χ1) is 13.1. The number of nitrogens with one attached hydrogen (secondary N) is 1. The molecule has 1 saturated heterocycles. The summed E-state index contributed by atoms with van der Waals surface area (Å²) in [7, 11) is -4.27. The summed E-state index contributed by atoms with van der Waals surface area (Å²) in [4.78, 5) is 13.1. The van der Waals surface area contributed by atoms with Crippen LogP contribution in [-0.2, 0) is 21.0 Å². The van der Waals surface area contributed by atoms with Crippen molar-refractivity contribution in [1.29, 1.82) is 0 Å². The first-order valence-electron chi connectivity index (χ1n) is 9.23. The van der Waals surface area contributed by atoms with E-state index in [0.29, 0.717) is 0 Å². The number of sulfonamides is 1. The molecule has 0 saturated carbocycles. The monoisotopic (exact) mass is 421 g/mol. The fraction of sp³-hybridized carbons (Fsp3) is 0.611. The van der Waals surface area contributed by atoms with E-state index in [-0.39, 0.29) is 44.7 Å². The third-order valence-corrected chi connectivity index (χ3v) is 6.59. The largest absolute Gasteiger partial charge is 0.417 e. The van der Waals surface area contributed by atoms with Gasteiger partial charge in [-0.15, -0.1) is 0 Å². The van der Waals surface area contributed by atoms with Crippen LogP contribution in [-0.4, -0.2) is 62.3 Å². The Hall–Kier alpha value is -1.65. The van der Waals surface area contributed by atoms with Crippen LogP contribution in [0.2, 0.25) is 0 Å². The number of nitrogens with zero attached hydrogens (tertiary/aromatic N) is 2. The van der Waals surface area contributed by atoms with E-state index in [1.54, 1.807) is 4.90 Å². The summed E-state index contributed by atoms with van der Waals surface area (Å²) in [5.74, 6) is -0.139. The van der Waals surface area contributed by atoms with Crippen LogP contribution in [0.4, 0.5) is 13.2 Å². The molecule has 6 nitrogen and oxygen atoms in total. The van der Waals surface area contributed by atoms with E-state index < -0.39 is 26.7 Å². The molecule has 2 rings (SSSR count). The summed E-state index contributed by atoms with van der Waals surface area (Å²) in [5.41, 5.74) is -1.17. The number of carbonyl (C=O) groups excluding carboxylic acids is 1. The first-order valence-corrected chi connectivity index (χ1v) is 10.7. The van der Waals surface area contributed by atoms with Gasteiger partial charge in [0, 0.05) is 32.2 Å². The van der Waals surface area contributed by atoms with Crippen LogP contribution >= 0.6 is 0 Å². The zero-order valence-corrected chi connectivity index (χ0v) is 16.8. The van der Waals surface area contributed by atoms with E-state index >= 15 is 0 Å². The summed E-state index contributed by atoms with van der Waals surface area (Å²) in [6.45, 7) is 4.72. The van der Waals surface area contributed by atoms with E-state index in [9.17, 15) is 26.4 Å². The Bertz CT molecular complexity index is 776. The van der Waals surface area contributed by atoms with Crippen LogP contribution in [0.3, 0.4) is 0 Å². The average molecular weight is 421 g/mol. The molecular weight excluding hydrogens is 395 g/mol. The molecule has 0 aliphatic carbocycles. The standard InChI is InChI=1S/C18H26F3N3O3S/c1-3-6-14(2)22-17(25)13-23-9-11-24(12-10-23)28(26,27)16-8-5-4-7-15(16)18(19,20)21/h4-5,7-8,14H,3,6,9-13H2,1-2H3,(H,22,25)/t14-/m1/s1. The predicted octanol–water partition coefficient (Wildman–Crippen LogP) is 2.32. The third kappa shape index (κ3) is 5.68. The molecule has 10 heteroatoms. The topological polar surface area (TPSA) is 69.7 Å². The van der Waals surface area contributed by atoms with Gasteiger partial charge in [0.15, 0.2) is 0 Å². The van der Waals surface area contributed by atoms with Gasteiger partial charge in [-0.25, -0.2) is 8.42 Å². The fourth-order valence-electron chi connectivity index (χ4n) is 3.22. The van der Waals surface area contributed by atoms with E-state index in [1.165, 1.54) is 6.07 Å². The lowest BCUT2D eigenvalue weighted by Gasteiger charge is -2.34. The molecule has 1 atom stereocenters. The second kappa shape index (κ2) is 9.23. The van der Waals surface area contributed by atoms with Crippen molar-refractivity contribution >= 4 is 15.9 Å². The Kier molecular flexibility index (Phi) is 7.46. The van der Waals surface area contributed by atoms with Crippen LogP contribution < -0.4 is 5.32 Å². The molecule has 1 fully saturated rings. The molecule has 1 aliphatic heterocycles. The van der Waals surface area contributed by atoms with E-state index in [1.807, 2.05) is 13.8 Å². The zero-order chi connectivity index (χ0) is 20.9. The highest BCUT2D eigenvalue weighted by Gasteiger charge is 2.39. The number of alkyl halides is 3. The maximum absolute atomic E-state index is 13.2. The summed E-state index contributed by atoms with van der Waals surface area (Å²) in [6, 6.07) is 4.26. The highest BCUT2D eigenvalue weighted by atomic mass is 32.2. The first kappa shape index (κ1) is 22.6. The molecule has 1 aromatic carbocycles. The number of rotatable bonds is 7. The molecule has 1 amide bonds. The molecule has 1 aromatic rings. The fourth-order valence-corrected chi connectivity index (χ4v) is 4.86. The number of halogens is 3. The maximum atomic E-state index is 13.2. The van der Waals surface area contributed by atoms with Crippen LogP contribution in [0.25, 0.3) is 0 Å². The van der Waals surface area contributed by atoms with Crippen molar-refractivity contribution < 1.29 is 26.4 Å². The van der Waals surface area contributed by atoms with Gasteiger partial charge in [0.2, 0.25) is 15.9 Å². The molecule has 1 N–H and O–H groups in total. The van der Waals surface area contributed by atoms with Gasteiger partial charge in [-0.1, -0.05) is 25.5 Å². The second-order valence-electron chi connectivity index (χ2n) is 6.93. The molecular formula is C18H26F3N3O3S. The average Bonchev–Trinajstić information content (AvgIpc) is 2.61. The number of piperazine rings is 1. The van der Waals surface area contributed by atoms with Crippen molar-refractivity contribution in [3.8, 4) is 0 Å². The van der Waals surface area contributed by atoms with Crippen LogP contribution in [0.1, 0.15) is 32.3 Å². The van der Waals surface area contributed by atoms with Gasteiger partial charge < -0.3 is 5.32 Å². The highest BCUT2D eigenvalue weighted by Crippen LogP contribution is 2.35. The van der Waals surface area contributed by atoms with E-state index in [4.69, 9.17) is 0 Å². The minimum absolute atomic E-state index is 0.0340. The molecule has 0 unspecified atom stereocenters. The number of hydrogen-bond donors (Lipinski definition) is 1.